The van der Waals surface area contributed by atoms with E-state index in [4.69, 9.17) is 11.6 Å². The number of halogens is 1. The third kappa shape index (κ3) is 2.82. The summed E-state index contributed by atoms with van der Waals surface area (Å²) in [6.45, 7) is 3.67. The quantitative estimate of drug-likeness (QED) is 0.526. The summed E-state index contributed by atoms with van der Waals surface area (Å²) < 4.78 is 1.48. The molecule has 2 heterocycles. The Bertz CT molecular complexity index is 1380. The second-order valence-electron chi connectivity index (χ2n) is 6.47. The maximum atomic E-state index is 13.1. The first-order valence-electron chi connectivity index (χ1n) is 8.63. The number of hydrogen-bond donors (Lipinski definition) is 2. The number of fused-ring (bicyclic) bond motifs is 3. The molecule has 0 fully saturated rings. The van der Waals surface area contributed by atoms with Crippen molar-refractivity contribution in [3.8, 4) is 6.07 Å². The summed E-state index contributed by atoms with van der Waals surface area (Å²) in [5.74, 6) is 0. The highest BCUT2D eigenvalue weighted by Crippen LogP contribution is 2.19. The van der Waals surface area contributed by atoms with Crippen molar-refractivity contribution >= 4 is 40.2 Å². The van der Waals surface area contributed by atoms with Crippen LogP contribution in [0.15, 0.2) is 47.3 Å². The van der Waals surface area contributed by atoms with Crippen molar-refractivity contribution in [2.45, 2.75) is 13.8 Å². The van der Waals surface area contributed by atoms with Crippen LogP contribution in [0.5, 0.6) is 0 Å². The number of nitrogens with one attached hydrogen (secondary N) is 2. The zero-order valence-corrected chi connectivity index (χ0v) is 16.0. The number of benzene rings is 2. The topological polar surface area (TPSA) is 82.2 Å². The molecule has 0 bridgehead atoms. The molecule has 2 N–H and O–H groups in total. The fraction of sp³-hybridized carbons (Fsp3) is 0.0952. The summed E-state index contributed by atoms with van der Waals surface area (Å²) in [5, 5.41) is 10.7. The van der Waals surface area contributed by atoms with Crippen molar-refractivity contribution in [3.05, 3.63) is 79.8 Å². The maximum Gasteiger partial charge on any atom is 0.265 e. The van der Waals surface area contributed by atoms with E-state index >= 15 is 0 Å². The summed E-state index contributed by atoms with van der Waals surface area (Å²) in [4.78, 5) is 17.6. The van der Waals surface area contributed by atoms with Gasteiger partial charge in [-0.1, -0.05) is 29.8 Å². The molecule has 0 aliphatic heterocycles. The van der Waals surface area contributed by atoms with Gasteiger partial charge in [0.1, 0.15) is 6.07 Å². The Kier molecular flexibility index (Phi) is 4.38. The van der Waals surface area contributed by atoms with Gasteiger partial charge in [0.15, 0.2) is 5.65 Å². The molecule has 0 atom stereocenters. The smallest absolute Gasteiger partial charge is 0.265 e. The maximum absolute atomic E-state index is 13.1. The monoisotopic (exact) mass is 389 g/mol. The fourth-order valence-electron chi connectivity index (χ4n) is 3.15. The van der Waals surface area contributed by atoms with Crippen molar-refractivity contribution < 1.29 is 0 Å². The molecule has 0 radical (unpaired) electrons. The van der Waals surface area contributed by atoms with Crippen LogP contribution < -0.4 is 21.6 Å². The molecule has 0 aliphatic carbocycles. The van der Waals surface area contributed by atoms with Crippen LogP contribution in [0.3, 0.4) is 0 Å². The van der Waals surface area contributed by atoms with Gasteiger partial charge in [-0.25, -0.2) is 4.98 Å². The average Bonchev–Trinajstić information content (AvgIpc) is 3.07. The lowest BCUT2D eigenvalue weighted by molar-refractivity contribution is 1.06. The molecule has 7 heteroatoms. The van der Waals surface area contributed by atoms with Crippen LogP contribution in [0, 0.1) is 25.2 Å². The minimum absolute atomic E-state index is 0.239. The third-order valence-corrected chi connectivity index (χ3v) is 5.12. The van der Waals surface area contributed by atoms with E-state index in [0.717, 1.165) is 11.3 Å². The fourth-order valence-corrected chi connectivity index (χ4v) is 3.33. The van der Waals surface area contributed by atoms with Crippen molar-refractivity contribution in [1.82, 2.24) is 14.8 Å². The van der Waals surface area contributed by atoms with Gasteiger partial charge >= 0.3 is 0 Å². The van der Waals surface area contributed by atoms with E-state index in [1.165, 1.54) is 4.40 Å². The number of nitrogens with zero attached hydrogens (tertiary/aromatic N) is 3. The molecule has 6 nitrogen and oxygen atoms in total. The summed E-state index contributed by atoms with van der Waals surface area (Å²) >= 11 is 6.13. The van der Waals surface area contributed by atoms with Gasteiger partial charge in [0.2, 0.25) is 0 Å². The normalized spacial score (nSPS) is 11.7. The molecule has 2 aromatic heterocycles. The standard InChI is InChI=1S/C21H16ClN5O/c1-12-7-8-14(9-17(12)22)26-24-11-16-13(2)15(10-23)20-25-18-5-3-4-6-19(18)27(20)21(16)28/h3-9,11,24,26H,1-2H3. The number of aromatic nitrogens is 2. The first kappa shape index (κ1) is 17.8. The molecule has 0 spiro atoms. The minimum Gasteiger partial charge on any atom is -0.307 e. The zero-order chi connectivity index (χ0) is 19.8. The van der Waals surface area contributed by atoms with Gasteiger partial charge in [-0.15, -0.1) is 0 Å². The summed E-state index contributed by atoms with van der Waals surface area (Å²) in [5.41, 5.74) is 10.1. The van der Waals surface area contributed by atoms with Gasteiger partial charge in [0, 0.05) is 11.2 Å². The number of anilines is 1. The molecule has 4 rings (SSSR count). The summed E-state index contributed by atoms with van der Waals surface area (Å²) in [7, 11) is 0. The molecule has 0 saturated carbocycles. The number of pyridine rings is 1. The van der Waals surface area contributed by atoms with Crippen molar-refractivity contribution in [2.75, 3.05) is 5.43 Å². The van der Waals surface area contributed by atoms with E-state index in [1.807, 2.05) is 43.3 Å². The molecule has 4 aromatic rings. The lowest BCUT2D eigenvalue weighted by Gasteiger charge is -2.08. The third-order valence-electron chi connectivity index (χ3n) is 4.71. The number of hydrogen-bond acceptors (Lipinski definition) is 5. The van der Waals surface area contributed by atoms with Crippen LogP contribution in [-0.2, 0) is 0 Å². The Morgan fingerprint density at radius 2 is 2.00 bits per heavy atom. The first-order valence-corrected chi connectivity index (χ1v) is 9.01. The predicted molar refractivity (Wildman–Crippen MR) is 111 cm³/mol. The lowest BCUT2D eigenvalue weighted by Crippen LogP contribution is -2.36. The van der Waals surface area contributed by atoms with Gasteiger partial charge < -0.3 is 10.9 Å². The Morgan fingerprint density at radius 1 is 1.21 bits per heavy atom. The van der Waals surface area contributed by atoms with Gasteiger partial charge in [-0.3, -0.25) is 9.20 Å². The van der Waals surface area contributed by atoms with Gasteiger partial charge in [0.05, 0.1) is 27.5 Å². The molecule has 138 valence electrons. The van der Waals surface area contributed by atoms with Gasteiger partial charge in [-0.05, 0) is 49.2 Å². The molecule has 0 unspecified atom stereocenters. The SMILES string of the molecule is Cc1ccc(NNC=c2c(C)c(C#N)c3nc4ccccc4n3c2=O)cc1Cl. The highest BCUT2D eigenvalue weighted by atomic mass is 35.5. The summed E-state index contributed by atoms with van der Waals surface area (Å²) in [6, 6.07) is 15.1. The molecule has 2 aromatic carbocycles. The van der Waals surface area contributed by atoms with Gasteiger partial charge in [0.25, 0.3) is 5.56 Å². The average molecular weight is 390 g/mol. The second kappa shape index (κ2) is 6.87. The van der Waals surface area contributed by atoms with E-state index in [-0.39, 0.29) is 5.56 Å². The largest absolute Gasteiger partial charge is 0.307 e. The van der Waals surface area contributed by atoms with Crippen LogP contribution in [0.2, 0.25) is 5.02 Å². The minimum atomic E-state index is -0.239. The highest BCUT2D eigenvalue weighted by molar-refractivity contribution is 6.31. The van der Waals surface area contributed by atoms with Crippen LogP contribution >= 0.6 is 11.6 Å². The number of hydrazine groups is 1. The number of para-hydroxylation sites is 2. The Morgan fingerprint density at radius 3 is 2.75 bits per heavy atom. The highest BCUT2D eigenvalue weighted by Gasteiger charge is 2.15. The van der Waals surface area contributed by atoms with E-state index in [0.29, 0.717) is 38.0 Å². The number of nitriles is 1. The molecular weight excluding hydrogens is 374 g/mol. The van der Waals surface area contributed by atoms with Crippen molar-refractivity contribution in [1.29, 1.82) is 5.26 Å². The predicted octanol–water partition coefficient (Wildman–Crippen LogP) is 3.06. The van der Waals surface area contributed by atoms with E-state index in [9.17, 15) is 10.1 Å². The van der Waals surface area contributed by atoms with Crippen LogP contribution in [-0.4, -0.2) is 9.38 Å². The van der Waals surface area contributed by atoms with Gasteiger partial charge in [-0.2, -0.15) is 5.26 Å². The van der Waals surface area contributed by atoms with Crippen LogP contribution in [0.25, 0.3) is 22.9 Å². The van der Waals surface area contributed by atoms with Crippen LogP contribution in [0.4, 0.5) is 5.69 Å². The Hall–Kier alpha value is -3.56. The Balaban J connectivity index is 1.85. The van der Waals surface area contributed by atoms with Crippen LogP contribution in [0.1, 0.15) is 16.7 Å². The molecule has 0 saturated heterocycles. The number of rotatable bonds is 3. The number of imidazole rings is 1. The van der Waals surface area contributed by atoms with E-state index < -0.39 is 0 Å². The van der Waals surface area contributed by atoms with Crippen molar-refractivity contribution in [2.24, 2.45) is 0 Å². The zero-order valence-electron chi connectivity index (χ0n) is 15.2. The lowest BCUT2D eigenvalue weighted by atomic mass is 10.1. The van der Waals surface area contributed by atoms with E-state index in [2.05, 4.69) is 21.9 Å². The molecule has 0 aliphatic rings. The molecular formula is C21H16ClN5O. The van der Waals surface area contributed by atoms with Crippen molar-refractivity contribution in [3.63, 3.8) is 0 Å². The molecule has 28 heavy (non-hydrogen) atoms. The van der Waals surface area contributed by atoms with E-state index in [1.54, 1.807) is 19.2 Å². The number of aryl methyl sites for hydroxylation is 1. The Labute approximate surface area is 165 Å². The molecule has 0 amide bonds. The summed E-state index contributed by atoms with van der Waals surface area (Å²) in [6.07, 6.45) is 1.56. The first-order chi connectivity index (χ1) is 13.5. The second-order valence-corrected chi connectivity index (χ2v) is 6.88.